The summed E-state index contributed by atoms with van der Waals surface area (Å²) >= 11 is 0. The van der Waals surface area contributed by atoms with Crippen LogP contribution in [0.5, 0.6) is 0 Å². The van der Waals surface area contributed by atoms with Crippen LogP contribution in [-0.4, -0.2) is 56.0 Å². The first kappa shape index (κ1) is 12.7. The van der Waals surface area contributed by atoms with Gasteiger partial charge >= 0.3 is 0 Å². The molecule has 0 amide bonds. The van der Waals surface area contributed by atoms with Crippen LogP contribution in [0.15, 0.2) is 12.7 Å². The van der Waals surface area contributed by atoms with E-state index in [2.05, 4.69) is 30.5 Å². The van der Waals surface area contributed by atoms with Gasteiger partial charge in [-0.3, -0.25) is 5.43 Å². The Morgan fingerprint density at radius 2 is 2.20 bits per heavy atom. The van der Waals surface area contributed by atoms with E-state index >= 15 is 0 Å². The third-order valence-corrected chi connectivity index (χ3v) is 3.13. The highest BCUT2D eigenvalue weighted by Crippen LogP contribution is 2.19. The molecule has 0 saturated carbocycles. The predicted octanol–water partition coefficient (Wildman–Crippen LogP) is -1.04. The van der Waals surface area contributed by atoms with E-state index in [0.29, 0.717) is 11.9 Å². The van der Waals surface area contributed by atoms with E-state index in [1.165, 1.54) is 17.3 Å². The average Bonchev–Trinajstić information content (AvgIpc) is 3.17. The number of nitrogens with one attached hydrogen (secondary N) is 1. The smallest absolute Gasteiger partial charge is 0.258 e. The Balaban J connectivity index is 1.93. The molecular formula is C10H15N9O. The molecule has 10 heteroatoms. The number of methoxy groups -OCH3 is 1. The van der Waals surface area contributed by atoms with Gasteiger partial charge in [-0.25, -0.2) is 10.8 Å². The summed E-state index contributed by atoms with van der Waals surface area (Å²) in [6, 6.07) is 0. The van der Waals surface area contributed by atoms with E-state index in [0.717, 1.165) is 19.5 Å². The molecule has 3 heterocycles. The topological polar surface area (TPSA) is 120 Å². The van der Waals surface area contributed by atoms with Crippen LogP contribution in [0, 0.1) is 0 Å². The predicted molar refractivity (Wildman–Crippen MR) is 70.2 cm³/mol. The summed E-state index contributed by atoms with van der Waals surface area (Å²) in [6.45, 7) is 1.56. The zero-order valence-electron chi connectivity index (χ0n) is 11.0. The lowest BCUT2D eigenvalue weighted by atomic mass is 10.3. The van der Waals surface area contributed by atoms with Gasteiger partial charge in [0, 0.05) is 20.2 Å². The van der Waals surface area contributed by atoms with Crippen LogP contribution in [0.3, 0.4) is 0 Å². The van der Waals surface area contributed by atoms with E-state index in [9.17, 15) is 0 Å². The average molecular weight is 277 g/mol. The summed E-state index contributed by atoms with van der Waals surface area (Å²) in [7, 11) is 1.70. The minimum atomic E-state index is 0.191. The number of hydrogen-bond acceptors (Lipinski definition) is 9. The zero-order chi connectivity index (χ0) is 13.9. The largest absolute Gasteiger partial charge is 0.380 e. The number of ether oxygens (including phenoxy) is 1. The highest BCUT2D eigenvalue weighted by molar-refractivity contribution is 5.40. The monoisotopic (exact) mass is 277 g/mol. The van der Waals surface area contributed by atoms with E-state index in [-0.39, 0.29) is 12.1 Å². The quantitative estimate of drug-likeness (QED) is 0.533. The maximum absolute atomic E-state index is 5.40. The maximum atomic E-state index is 5.40. The first-order valence-electron chi connectivity index (χ1n) is 6.15. The number of nitrogen functional groups attached to an aromatic ring is 1. The van der Waals surface area contributed by atoms with Gasteiger partial charge in [0.2, 0.25) is 11.9 Å². The molecule has 1 atom stereocenters. The fourth-order valence-corrected chi connectivity index (χ4v) is 2.08. The number of hydrazine groups is 1. The van der Waals surface area contributed by atoms with Crippen molar-refractivity contribution < 1.29 is 4.74 Å². The van der Waals surface area contributed by atoms with Gasteiger partial charge in [-0.2, -0.15) is 24.7 Å². The van der Waals surface area contributed by atoms with Gasteiger partial charge in [0.1, 0.15) is 12.7 Å². The van der Waals surface area contributed by atoms with E-state index in [1.54, 1.807) is 7.11 Å². The number of rotatable bonds is 4. The highest BCUT2D eigenvalue weighted by Gasteiger charge is 2.25. The lowest BCUT2D eigenvalue weighted by molar-refractivity contribution is 0.121. The Kier molecular flexibility index (Phi) is 3.39. The Labute approximate surface area is 115 Å². The minimum Gasteiger partial charge on any atom is -0.380 e. The SMILES string of the molecule is COC1CCN(c2nc(NN)nc(-n3cncn3)n2)C1. The normalized spacial score (nSPS) is 18.5. The molecule has 0 spiro atoms. The van der Waals surface area contributed by atoms with E-state index in [4.69, 9.17) is 10.6 Å². The summed E-state index contributed by atoms with van der Waals surface area (Å²) in [5.41, 5.74) is 2.44. The lowest BCUT2D eigenvalue weighted by Crippen LogP contribution is -2.26. The molecule has 0 bridgehead atoms. The molecule has 20 heavy (non-hydrogen) atoms. The van der Waals surface area contributed by atoms with Crippen molar-refractivity contribution in [1.82, 2.24) is 29.7 Å². The molecule has 106 valence electrons. The van der Waals surface area contributed by atoms with Crippen molar-refractivity contribution in [3.8, 4) is 5.95 Å². The van der Waals surface area contributed by atoms with Crippen LogP contribution in [0.25, 0.3) is 5.95 Å². The number of anilines is 2. The molecular weight excluding hydrogens is 262 g/mol. The molecule has 0 radical (unpaired) electrons. The molecule has 1 aliphatic rings. The van der Waals surface area contributed by atoms with Crippen LogP contribution < -0.4 is 16.2 Å². The molecule has 0 aliphatic carbocycles. The van der Waals surface area contributed by atoms with Crippen LogP contribution in [0.2, 0.25) is 0 Å². The third kappa shape index (κ3) is 2.38. The molecule has 1 fully saturated rings. The molecule has 1 aliphatic heterocycles. The first-order valence-corrected chi connectivity index (χ1v) is 6.15. The second-order valence-corrected chi connectivity index (χ2v) is 4.34. The van der Waals surface area contributed by atoms with Gasteiger partial charge in [0.25, 0.3) is 5.95 Å². The van der Waals surface area contributed by atoms with Crippen molar-refractivity contribution in [3.63, 3.8) is 0 Å². The van der Waals surface area contributed by atoms with Gasteiger partial charge in [-0.05, 0) is 6.42 Å². The van der Waals surface area contributed by atoms with Crippen LogP contribution in [0.1, 0.15) is 6.42 Å². The molecule has 3 N–H and O–H groups in total. The standard InChI is InChI=1S/C10H15N9O/c1-20-7-2-3-18(4-7)9-14-8(17-11)15-10(16-9)19-6-12-5-13-19/h5-7H,2-4,11H2,1H3,(H,14,15,16,17). The van der Waals surface area contributed by atoms with Crippen LogP contribution in [0.4, 0.5) is 11.9 Å². The second-order valence-electron chi connectivity index (χ2n) is 4.34. The van der Waals surface area contributed by atoms with Gasteiger partial charge < -0.3 is 9.64 Å². The van der Waals surface area contributed by atoms with Crippen LogP contribution in [-0.2, 0) is 4.74 Å². The first-order chi connectivity index (χ1) is 9.80. The van der Waals surface area contributed by atoms with Gasteiger partial charge in [-0.15, -0.1) is 0 Å². The van der Waals surface area contributed by atoms with E-state index in [1.807, 2.05) is 4.90 Å². The molecule has 3 rings (SSSR count). The number of nitrogens with zero attached hydrogens (tertiary/aromatic N) is 7. The molecule has 1 unspecified atom stereocenters. The lowest BCUT2D eigenvalue weighted by Gasteiger charge is -2.16. The van der Waals surface area contributed by atoms with Crippen molar-refractivity contribution in [3.05, 3.63) is 12.7 Å². The fraction of sp³-hybridized carbons (Fsp3) is 0.500. The van der Waals surface area contributed by atoms with Gasteiger partial charge in [0.15, 0.2) is 0 Å². The summed E-state index contributed by atoms with van der Waals surface area (Å²) in [5.74, 6) is 6.58. The van der Waals surface area contributed by atoms with Crippen molar-refractivity contribution >= 4 is 11.9 Å². The van der Waals surface area contributed by atoms with Crippen molar-refractivity contribution in [2.45, 2.75) is 12.5 Å². The Bertz CT molecular complexity index is 572. The molecule has 1 saturated heterocycles. The summed E-state index contributed by atoms with van der Waals surface area (Å²) in [4.78, 5) is 18.7. The number of aromatic nitrogens is 6. The van der Waals surface area contributed by atoms with E-state index < -0.39 is 0 Å². The van der Waals surface area contributed by atoms with Crippen molar-refractivity contribution in [2.24, 2.45) is 5.84 Å². The molecule has 0 aromatic carbocycles. The van der Waals surface area contributed by atoms with Crippen molar-refractivity contribution in [1.29, 1.82) is 0 Å². The molecule has 10 nitrogen and oxygen atoms in total. The Hall–Kier alpha value is -2.33. The highest BCUT2D eigenvalue weighted by atomic mass is 16.5. The Morgan fingerprint density at radius 3 is 2.85 bits per heavy atom. The second kappa shape index (κ2) is 5.35. The minimum absolute atomic E-state index is 0.191. The fourth-order valence-electron chi connectivity index (χ4n) is 2.08. The maximum Gasteiger partial charge on any atom is 0.258 e. The summed E-state index contributed by atoms with van der Waals surface area (Å²) in [6.07, 6.45) is 4.06. The summed E-state index contributed by atoms with van der Waals surface area (Å²) < 4.78 is 6.80. The van der Waals surface area contributed by atoms with Gasteiger partial charge in [-0.1, -0.05) is 0 Å². The Morgan fingerprint density at radius 1 is 1.35 bits per heavy atom. The van der Waals surface area contributed by atoms with Crippen LogP contribution >= 0.6 is 0 Å². The van der Waals surface area contributed by atoms with Gasteiger partial charge in [0.05, 0.1) is 6.10 Å². The number of hydrogen-bond donors (Lipinski definition) is 2. The number of nitrogens with two attached hydrogens (primary N) is 1. The molecule has 2 aromatic rings. The third-order valence-electron chi connectivity index (χ3n) is 3.13. The molecule has 2 aromatic heterocycles. The zero-order valence-corrected chi connectivity index (χ0v) is 11.0. The van der Waals surface area contributed by atoms with Crippen molar-refractivity contribution in [2.75, 3.05) is 30.5 Å². The summed E-state index contributed by atoms with van der Waals surface area (Å²) in [5, 5.41) is 4.00.